The summed E-state index contributed by atoms with van der Waals surface area (Å²) < 4.78 is 12.1. The second kappa shape index (κ2) is 34.8. The van der Waals surface area contributed by atoms with Crippen LogP contribution in [0.4, 0.5) is 0 Å². The quantitative estimate of drug-likeness (QED) is 0.0329. The normalized spacial score (nSPS) is 11.9. The lowest BCUT2D eigenvalue weighted by Crippen LogP contribution is -2.09. The fourth-order valence-electron chi connectivity index (χ4n) is 8.41. The molecule has 3 aromatic rings. The third-order valence-corrected chi connectivity index (χ3v) is 12.4. The number of ether oxygens (including phenoxy) is 2. The lowest BCUT2D eigenvalue weighted by atomic mass is 10.0. The lowest BCUT2D eigenvalue weighted by Gasteiger charge is -2.14. The molecule has 3 rings (SSSR count). The van der Waals surface area contributed by atoms with Crippen molar-refractivity contribution in [2.75, 3.05) is 6.61 Å². The van der Waals surface area contributed by atoms with Crippen molar-refractivity contribution in [1.82, 2.24) is 0 Å². The van der Waals surface area contributed by atoms with Gasteiger partial charge in [0.15, 0.2) is 0 Å². The summed E-state index contributed by atoms with van der Waals surface area (Å²) in [7, 11) is 0. The predicted molar refractivity (Wildman–Crippen MR) is 256 cm³/mol. The van der Waals surface area contributed by atoms with Crippen LogP contribution in [0.25, 0.3) is 11.1 Å². The third kappa shape index (κ3) is 24.2. The summed E-state index contributed by atoms with van der Waals surface area (Å²) in [5.74, 6) is 0.387. The number of unbranched alkanes of at least 4 members (excludes halogenated alkanes) is 29. The first-order valence-electron chi connectivity index (χ1n) is 25.2. The van der Waals surface area contributed by atoms with Crippen LogP contribution in [0.3, 0.4) is 0 Å². The summed E-state index contributed by atoms with van der Waals surface area (Å²) in [6, 6.07) is 24.5. The van der Waals surface area contributed by atoms with Crippen LogP contribution in [-0.4, -0.2) is 12.6 Å². The van der Waals surface area contributed by atoms with E-state index >= 15 is 0 Å². The number of carbonyl (C=O) groups excluding carboxylic acids is 1. The van der Waals surface area contributed by atoms with Crippen molar-refractivity contribution in [2.24, 2.45) is 0 Å². The van der Waals surface area contributed by atoms with Gasteiger partial charge in [0.2, 0.25) is 0 Å². The van der Waals surface area contributed by atoms with Crippen LogP contribution in [0, 0.1) is 0 Å². The predicted octanol–water partition coefficient (Wildman–Crippen LogP) is 18.3. The smallest absolute Gasteiger partial charge is 0.343 e. The third-order valence-electron chi connectivity index (χ3n) is 12.4. The summed E-state index contributed by atoms with van der Waals surface area (Å²) in [6.07, 6.45) is 43.6. The van der Waals surface area contributed by atoms with Gasteiger partial charge in [0.25, 0.3) is 0 Å². The molecule has 1 unspecified atom stereocenters. The zero-order chi connectivity index (χ0) is 41.9. The molecule has 0 spiro atoms. The van der Waals surface area contributed by atoms with Gasteiger partial charge in [-0.1, -0.05) is 255 Å². The van der Waals surface area contributed by atoms with Crippen LogP contribution in [-0.2, 0) is 11.2 Å². The molecule has 1 atom stereocenters. The van der Waals surface area contributed by atoms with Gasteiger partial charge in [-0.05, 0) is 66.6 Å². The van der Waals surface area contributed by atoms with Crippen molar-refractivity contribution in [3.8, 4) is 16.9 Å². The first-order valence-corrected chi connectivity index (χ1v) is 25.2. The molecule has 330 valence electrons. The Labute approximate surface area is 364 Å². The van der Waals surface area contributed by atoms with Gasteiger partial charge in [0.1, 0.15) is 5.75 Å². The van der Waals surface area contributed by atoms with Crippen molar-refractivity contribution < 1.29 is 14.3 Å². The Morgan fingerprint density at radius 1 is 0.441 bits per heavy atom. The molecule has 0 aromatic heterocycles. The molecule has 59 heavy (non-hydrogen) atoms. The Hall–Kier alpha value is -2.91. The molecule has 0 bridgehead atoms. The average molecular weight is 809 g/mol. The number of hydrogen-bond donors (Lipinski definition) is 0. The van der Waals surface area contributed by atoms with Gasteiger partial charge in [-0.15, -0.1) is 0 Å². The first kappa shape index (κ1) is 50.4. The van der Waals surface area contributed by atoms with Crippen LogP contribution in [0.5, 0.6) is 5.75 Å². The van der Waals surface area contributed by atoms with Crippen molar-refractivity contribution in [2.45, 2.75) is 232 Å². The molecule has 0 aliphatic heterocycles. The minimum Gasteiger partial charge on any atom is -0.423 e. The highest BCUT2D eigenvalue weighted by Gasteiger charge is 2.13. The molecule has 0 aliphatic rings. The zero-order valence-corrected chi connectivity index (χ0v) is 38.6. The number of para-hydroxylation sites is 1. The summed E-state index contributed by atoms with van der Waals surface area (Å²) in [4.78, 5) is 13.2. The molecule has 0 radical (unpaired) electrons. The molecule has 3 aromatic carbocycles. The topological polar surface area (TPSA) is 35.5 Å². The number of hydrogen-bond acceptors (Lipinski definition) is 3. The zero-order valence-electron chi connectivity index (χ0n) is 38.6. The maximum absolute atomic E-state index is 13.2. The molecule has 0 saturated carbocycles. The van der Waals surface area contributed by atoms with Crippen LogP contribution in [0.1, 0.15) is 247 Å². The Balaban J connectivity index is 1.22. The molecule has 0 fully saturated rings. The first-order chi connectivity index (χ1) is 29.1. The second-order valence-corrected chi connectivity index (χ2v) is 17.7. The van der Waals surface area contributed by atoms with E-state index in [9.17, 15) is 4.79 Å². The molecule has 3 nitrogen and oxygen atoms in total. The van der Waals surface area contributed by atoms with Crippen LogP contribution >= 0.6 is 0 Å². The Morgan fingerprint density at radius 2 is 0.814 bits per heavy atom. The Bertz CT molecular complexity index is 1410. The maximum Gasteiger partial charge on any atom is 0.343 e. The number of aryl methyl sites for hydroxylation is 1. The van der Waals surface area contributed by atoms with Gasteiger partial charge in [0, 0.05) is 6.61 Å². The molecule has 0 aliphatic carbocycles. The molecule has 3 heteroatoms. The molecular formula is C56H88O3. The SMILES string of the molecule is CCCCCCCCCCCCCCCCCCCCOC(C)c1ccc(-c2ccc(C(=O)Oc3ccccc3CCCCCCCCCCCCCCC)cc2)cc1. The van der Waals surface area contributed by atoms with E-state index in [-0.39, 0.29) is 12.1 Å². The van der Waals surface area contributed by atoms with Gasteiger partial charge >= 0.3 is 5.97 Å². The highest BCUT2D eigenvalue weighted by Crippen LogP contribution is 2.26. The highest BCUT2D eigenvalue weighted by atomic mass is 16.5. The summed E-state index contributed by atoms with van der Waals surface area (Å²) >= 11 is 0. The van der Waals surface area contributed by atoms with Crippen LogP contribution in [0.15, 0.2) is 72.8 Å². The van der Waals surface area contributed by atoms with Crippen LogP contribution in [0.2, 0.25) is 0 Å². The van der Waals surface area contributed by atoms with E-state index in [0.717, 1.165) is 42.6 Å². The molecule has 0 saturated heterocycles. The molecule has 0 amide bonds. The van der Waals surface area contributed by atoms with E-state index in [2.05, 4.69) is 51.1 Å². The van der Waals surface area contributed by atoms with E-state index in [1.807, 2.05) is 42.5 Å². The van der Waals surface area contributed by atoms with Crippen molar-refractivity contribution in [3.63, 3.8) is 0 Å². The van der Waals surface area contributed by atoms with Gasteiger partial charge in [0.05, 0.1) is 11.7 Å². The minimum absolute atomic E-state index is 0.0828. The molecule has 0 N–H and O–H groups in total. The minimum atomic E-state index is -0.300. The summed E-state index contributed by atoms with van der Waals surface area (Å²) in [6.45, 7) is 7.56. The number of esters is 1. The van der Waals surface area contributed by atoms with E-state index in [1.54, 1.807) is 0 Å². The van der Waals surface area contributed by atoms with Gasteiger partial charge in [-0.25, -0.2) is 4.79 Å². The van der Waals surface area contributed by atoms with Crippen molar-refractivity contribution in [1.29, 1.82) is 0 Å². The number of benzene rings is 3. The van der Waals surface area contributed by atoms with Gasteiger partial charge < -0.3 is 9.47 Å². The van der Waals surface area contributed by atoms with Crippen molar-refractivity contribution >= 4 is 5.97 Å². The van der Waals surface area contributed by atoms with Crippen molar-refractivity contribution in [3.05, 3.63) is 89.5 Å². The van der Waals surface area contributed by atoms with E-state index < -0.39 is 0 Å². The van der Waals surface area contributed by atoms with E-state index in [4.69, 9.17) is 9.47 Å². The average Bonchev–Trinajstić information content (AvgIpc) is 3.26. The fourth-order valence-corrected chi connectivity index (χ4v) is 8.41. The van der Waals surface area contributed by atoms with E-state index in [0.29, 0.717) is 11.3 Å². The second-order valence-electron chi connectivity index (χ2n) is 17.7. The highest BCUT2D eigenvalue weighted by molar-refractivity contribution is 5.91. The number of carbonyl (C=O) groups is 1. The summed E-state index contributed by atoms with van der Waals surface area (Å²) in [5.41, 5.74) is 5.11. The Kier molecular flexibility index (Phi) is 29.7. The molecule has 0 heterocycles. The monoisotopic (exact) mass is 809 g/mol. The van der Waals surface area contributed by atoms with E-state index in [1.165, 1.54) is 192 Å². The largest absolute Gasteiger partial charge is 0.423 e. The lowest BCUT2D eigenvalue weighted by molar-refractivity contribution is 0.0627. The van der Waals surface area contributed by atoms with Gasteiger partial charge in [-0.2, -0.15) is 0 Å². The summed E-state index contributed by atoms with van der Waals surface area (Å²) in [5, 5.41) is 0. The number of rotatable bonds is 38. The standard InChI is InChI=1S/C56H88O3/c1-4-6-8-10-12-14-16-18-19-20-21-22-24-26-28-30-32-36-48-58-49(3)50-40-42-51(43-41-50)52-44-46-54(47-45-52)56(57)59-55-39-35-34-38-53(55)37-33-31-29-27-25-23-17-15-13-11-9-7-5-2/h34-35,38-47,49H,4-33,36-37,48H2,1-3H3. The molecular weight excluding hydrogens is 721 g/mol. The Morgan fingerprint density at radius 3 is 1.25 bits per heavy atom. The maximum atomic E-state index is 13.2. The fraction of sp³-hybridized carbons (Fsp3) is 0.661. The van der Waals surface area contributed by atoms with Gasteiger partial charge in [-0.3, -0.25) is 0 Å². The van der Waals surface area contributed by atoms with Crippen LogP contribution < -0.4 is 4.74 Å².